The Kier molecular flexibility index (Phi) is 5.14. The lowest BCUT2D eigenvalue weighted by molar-refractivity contribution is -0.142. The molecule has 0 radical (unpaired) electrons. The van der Waals surface area contributed by atoms with Crippen LogP contribution in [-0.4, -0.2) is 27.9 Å². The number of ketones is 1. The van der Waals surface area contributed by atoms with Crippen molar-refractivity contribution in [2.45, 2.75) is 26.7 Å². The molecule has 0 aliphatic rings. The summed E-state index contributed by atoms with van der Waals surface area (Å²) in [6, 6.07) is 5.37. The van der Waals surface area contributed by atoms with E-state index < -0.39 is 5.97 Å². The van der Waals surface area contributed by atoms with Gasteiger partial charge in [-0.1, -0.05) is 0 Å². The number of esters is 1. The van der Waals surface area contributed by atoms with Crippen molar-refractivity contribution in [3.63, 3.8) is 0 Å². The molecule has 0 amide bonds. The first-order valence-corrected chi connectivity index (χ1v) is 8.74. The van der Waals surface area contributed by atoms with Gasteiger partial charge >= 0.3 is 5.97 Å². The number of carbonyl (C=O) groups excluding carboxylic acids is 2. The summed E-state index contributed by atoms with van der Waals surface area (Å²) in [7, 11) is 0. The minimum atomic E-state index is -0.418. The van der Waals surface area contributed by atoms with Gasteiger partial charge in [-0.15, -0.1) is 11.3 Å². The number of ether oxygens (including phenoxy) is 1. The van der Waals surface area contributed by atoms with Crippen molar-refractivity contribution in [3.05, 3.63) is 58.8 Å². The molecule has 3 aromatic heterocycles. The third-order valence-electron chi connectivity index (χ3n) is 3.86. The van der Waals surface area contributed by atoms with E-state index in [-0.39, 0.29) is 18.8 Å². The van der Waals surface area contributed by atoms with E-state index in [1.54, 1.807) is 30.7 Å². The summed E-state index contributed by atoms with van der Waals surface area (Å²) in [6.07, 6.45) is 3.92. The van der Waals surface area contributed by atoms with Gasteiger partial charge in [0.15, 0.2) is 11.7 Å². The standard InChI is InChI=1S/C18H18N2O4S/c1-12-10-15(13(2)20(12)18-19-7-9-25-18)16(21)11-24-17(22)6-5-14-4-3-8-23-14/h3-4,7-10H,5-6,11H2,1-2H3. The average Bonchev–Trinajstić information content (AvgIpc) is 3.32. The predicted octanol–water partition coefficient (Wildman–Crippen LogP) is 3.50. The predicted molar refractivity (Wildman–Crippen MR) is 93.2 cm³/mol. The Labute approximate surface area is 149 Å². The Morgan fingerprint density at radius 2 is 2.20 bits per heavy atom. The highest BCUT2D eigenvalue weighted by Crippen LogP contribution is 2.22. The van der Waals surface area contributed by atoms with Gasteiger partial charge in [0.05, 0.1) is 12.7 Å². The maximum absolute atomic E-state index is 12.4. The van der Waals surface area contributed by atoms with Crippen molar-refractivity contribution < 1.29 is 18.7 Å². The first-order valence-electron chi connectivity index (χ1n) is 7.86. The number of carbonyl (C=O) groups is 2. The Morgan fingerprint density at radius 3 is 2.88 bits per heavy atom. The maximum Gasteiger partial charge on any atom is 0.306 e. The van der Waals surface area contributed by atoms with Crippen molar-refractivity contribution in [1.29, 1.82) is 0 Å². The number of rotatable bonds is 7. The van der Waals surface area contributed by atoms with Crippen LogP contribution in [0.3, 0.4) is 0 Å². The summed E-state index contributed by atoms with van der Waals surface area (Å²) in [6.45, 7) is 3.51. The molecule has 3 heterocycles. The normalized spacial score (nSPS) is 10.8. The highest BCUT2D eigenvalue weighted by Gasteiger charge is 2.19. The SMILES string of the molecule is Cc1cc(C(=O)COC(=O)CCc2ccco2)c(C)n1-c1nccs1. The molecule has 25 heavy (non-hydrogen) atoms. The Balaban J connectivity index is 1.60. The van der Waals surface area contributed by atoms with Crippen LogP contribution >= 0.6 is 11.3 Å². The van der Waals surface area contributed by atoms with Gasteiger partial charge in [-0.3, -0.25) is 14.2 Å². The van der Waals surface area contributed by atoms with Gasteiger partial charge in [0.25, 0.3) is 0 Å². The van der Waals surface area contributed by atoms with E-state index in [1.807, 2.05) is 23.8 Å². The van der Waals surface area contributed by atoms with Crippen molar-refractivity contribution in [1.82, 2.24) is 9.55 Å². The van der Waals surface area contributed by atoms with Gasteiger partial charge in [-0.25, -0.2) is 4.98 Å². The van der Waals surface area contributed by atoms with Crippen LogP contribution in [0.1, 0.15) is 33.9 Å². The lowest BCUT2D eigenvalue weighted by Crippen LogP contribution is -2.15. The van der Waals surface area contributed by atoms with Crippen LogP contribution in [0.2, 0.25) is 0 Å². The zero-order valence-corrected chi connectivity index (χ0v) is 14.8. The molecule has 7 heteroatoms. The summed E-state index contributed by atoms with van der Waals surface area (Å²) >= 11 is 1.50. The highest BCUT2D eigenvalue weighted by molar-refractivity contribution is 7.12. The van der Waals surface area contributed by atoms with Crippen molar-refractivity contribution in [2.24, 2.45) is 0 Å². The van der Waals surface area contributed by atoms with Gasteiger partial charge < -0.3 is 9.15 Å². The summed E-state index contributed by atoms with van der Waals surface area (Å²) in [5.41, 5.74) is 2.26. The number of aryl methyl sites for hydroxylation is 2. The largest absolute Gasteiger partial charge is 0.469 e. The molecule has 3 aromatic rings. The van der Waals surface area contributed by atoms with Gasteiger partial charge in [-0.05, 0) is 32.0 Å². The Hall–Kier alpha value is -2.67. The zero-order valence-electron chi connectivity index (χ0n) is 14.0. The van der Waals surface area contributed by atoms with Crippen LogP contribution in [0, 0.1) is 13.8 Å². The highest BCUT2D eigenvalue weighted by atomic mass is 32.1. The van der Waals surface area contributed by atoms with Crippen LogP contribution in [0.4, 0.5) is 0 Å². The number of thiazole rings is 1. The summed E-state index contributed by atoms with van der Waals surface area (Å²) in [5, 5.41) is 2.70. The molecule has 0 bridgehead atoms. The molecule has 0 fully saturated rings. The van der Waals surface area contributed by atoms with Gasteiger partial charge in [0.2, 0.25) is 5.78 Å². The Bertz CT molecular complexity index is 863. The molecule has 6 nitrogen and oxygen atoms in total. The smallest absolute Gasteiger partial charge is 0.306 e. The molecule has 0 unspecified atom stereocenters. The van der Waals surface area contributed by atoms with Crippen LogP contribution in [0.15, 0.2) is 40.5 Å². The van der Waals surface area contributed by atoms with Gasteiger partial charge in [-0.2, -0.15) is 0 Å². The third-order valence-corrected chi connectivity index (χ3v) is 4.62. The van der Waals surface area contributed by atoms with E-state index in [4.69, 9.17) is 9.15 Å². The molecule has 3 rings (SSSR count). The fraction of sp³-hybridized carbons (Fsp3) is 0.278. The van der Waals surface area contributed by atoms with Crippen LogP contribution in [-0.2, 0) is 16.0 Å². The fourth-order valence-electron chi connectivity index (χ4n) is 2.64. The van der Waals surface area contributed by atoms with E-state index in [0.29, 0.717) is 12.0 Å². The molecule has 0 spiro atoms. The second kappa shape index (κ2) is 7.48. The topological polar surface area (TPSA) is 74.3 Å². The molecule has 0 aromatic carbocycles. The summed E-state index contributed by atoms with van der Waals surface area (Å²) < 4.78 is 12.2. The molecular formula is C18H18N2O4S. The summed E-state index contributed by atoms with van der Waals surface area (Å²) in [4.78, 5) is 28.5. The molecule has 0 atom stereocenters. The summed E-state index contributed by atoms with van der Waals surface area (Å²) in [5.74, 6) is 0.0796. The minimum Gasteiger partial charge on any atom is -0.469 e. The first-order chi connectivity index (χ1) is 12.1. The lowest BCUT2D eigenvalue weighted by Gasteiger charge is -2.06. The minimum absolute atomic E-state index is 0.179. The van der Waals surface area contributed by atoms with Crippen LogP contribution < -0.4 is 0 Å². The van der Waals surface area contributed by atoms with E-state index in [1.165, 1.54) is 11.3 Å². The average molecular weight is 358 g/mol. The molecule has 0 aliphatic heterocycles. The fourth-order valence-corrected chi connectivity index (χ4v) is 3.39. The number of Topliss-reactive ketones (excluding diaryl/α,β-unsaturated/α-hetero) is 1. The molecule has 0 saturated heterocycles. The second-order valence-electron chi connectivity index (χ2n) is 5.60. The lowest BCUT2D eigenvalue weighted by atomic mass is 10.1. The van der Waals surface area contributed by atoms with Gasteiger partial charge in [0, 0.05) is 34.9 Å². The van der Waals surface area contributed by atoms with E-state index in [0.717, 1.165) is 22.3 Å². The first kappa shape index (κ1) is 17.2. The second-order valence-corrected chi connectivity index (χ2v) is 6.47. The van der Waals surface area contributed by atoms with Crippen molar-refractivity contribution in [3.8, 4) is 5.13 Å². The molecular weight excluding hydrogens is 340 g/mol. The molecule has 0 aliphatic carbocycles. The number of nitrogens with zero attached hydrogens (tertiary/aromatic N) is 2. The van der Waals surface area contributed by atoms with E-state index in [2.05, 4.69) is 4.98 Å². The molecule has 0 saturated carbocycles. The van der Waals surface area contributed by atoms with Crippen molar-refractivity contribution >= 4 is 23.1 Å². The number of furan rings is 1. The van der Waals surface area contributed by atoms with E-state index in [9.17, 15) is 9.59 Å². The number of aromatic nitrogens is 2. The van der Waals surface area contributed by atoms with Gasteiger partial charge in [0.1, 0.15) is 5.76 Å². The Morgan fingerprint density at radius 1 is 1.36 bits per heavy atom. The maximum atomic E-state index is 12.4. The number of hydrogen-bond acceptors (Lipinski definition) is 6. The monoisotopic (exact) mass is 358 g/mol. The molecule has 130 valence electrons. The van der Waals surface area contributed by atoms with Crippen LogP contribution in [0.25, 0.3) is 5.13 Å². The van der Waals surface area contributed by atoms with Crippen molar-refractivity contribution in [2.75, 3.05) is 6.61 Å². The number of hydrogen-bond donors (Lipinski definition) is 0. The van der Waals surface area contributed by atoms with Crippen LogP contribution in [0.5, 0.6) is 0 Å². The molecule has 0 N–H and O–H groups in total. The zero-order chi connectivity index (χ0) is 17.8. The van der Waals surface area contributed by atoms with E-state index >= 15 is 0 Å². The third kappa shape index (κ3) is 3.88. The quantitative estimate of drug-likeness (QED) is 0.477.